The molecule has 3 aromatic heterocycles. The molecule has 0 saturated heterocycles. The van der Waals surface area contributed by atoms with Crippen LogP contribution < -0.4 is 5.32 Å². The number of nitrogens with one attached hydrogen (secondary N) is 1. The largest absolute Gasteiger partial charge is 0.353 e. The van der Waals surface area contributed by atoms with Crippen LogP contribution in [0.2, 0.25) is 0 Å². The SMILES string of the molecule is Cc1nc2sc3c(c2c2nnc(SCC(=O)NC4CCCCC4)n12)CC[C@@H](C)C3. The smallest absolute Gasteiger partial charge is 0.230 e. The van der Waals surface area contributed by atoms with Gasteiger partial charge >= 0.3 is 0 Å². The van der Waals surface area contributed by atoms with Gasteiger partial charge in [-0.15, -0.1) is 21.5 Å². The zero-order valence-corrected chi connectivity index (χ0v) is 18.7. The van der Waals surface area contributed by atoms with E-state index >= 15 is 0 Å². The predicted molar refractivity (Wildman–Crippen MR) is 118 cm³/mol. The quantitative estimate of drug-likeness (QED) is 0.626. The van der Waals surface area contributed by atoms with E-state index in [0.29, 0.717) is 11.8 Å². The Morgan fingerprint density at radius 3 is 2.90 bits per heavy atom. The predicted octanol–water partition coefficient (Wildman–Crippen LogP) is 4.31. The molecule has 5 rings (SSSR count). The number of fused-ring (bicyclic) bond motifs is 5. The number of carbonyl (C=O) groups excluding carboxylic acids is 1. The van der Waals surface area contributed by atoms with Gasteiger partial charge in [0.2, 0.25) is 5.91 Å². The number of carbonyl (C=O) groups is 1. The number of rotatable bonds is 4. The van der Waals surface area contributed by atoms with Gasteiger partial charge in [0.1, 0.15) is 10.7 Å². The molecule has 1 amide bonds. The Hall–Kier alpha value is -1.67. The van der Waals surface area contributed by atoms with Crippen molar-refractivity contribution in [3.05, 3.63) is 16.3 Å². The number of nitrogens with zero attached hydrogens (tertiary/aromatic N) is 4. The lowest BCUT2D eigenvalue weighted by Crippen LogP contribution is -2.37. The van der Waals surface area contributed by atoms with Crippen LogP contribution in [0.1, 0.15) is 61.7 Å². The van der Waals surface area contributed by atoms with Crippen LogP contribution in [0.15, 0.2) is 5.16 Å². The first-order valence-electron chi connectivity index (χ1n) is 10.7. The fourth-order valence-corrected chi connectivity index (χ4v) is 6.92. The monoisotopic (exact) mass is 429 g/mol. The molecule has 0 radical (unpaired) electrons. The molecule has 2 aliphatic carbocycles. The second kappa shape index (κ2) is 7.87. The lowest BCUT2D eigenvalue weighted by Gasteiger charge is -2.22. The lowest BCUT2D eigenvalue weighted by atomic mass is 9.89. The minimum atomic E-state index is 0.0900. The molecule has 0 aliphatic heterocycles. The van der Waals surface area contributed by atoms with Gasteiger partial charge in [-0.2, -0.15) is 0 Å². The molecule has 2 aliphatic rings. The van der Waals surface area contributed by atoms with E-state index in [1.54, 1.807) is 0 Å². The number of amides is 1. The topological polar surface area (TPSA) is 72.2 Å². The van der Waals surface area contributed by atoms with Crippen molar-refractivity contribution in [2.24, 2.45) is 5.92 Å². The van der Waals surface area contributed by atoms with E-state index in [9.17, 15) is 4.79 Å². The summed E-state index contributed by atoms with van der Waals surface area (Å²) in [5.41, 5.74) is 2.31. The molecule has 0 bridgehead atoms. The molecular formula is C21H27N5OS2. The zero-order chi connectivity index (χ0) is 20.0. The Morgan fingerprint density at radius 2 is 2.07 bits per heavy atom. The molecule has 8 heteroatoms. The molecule has 0 aromatic carbocycles. The second-order valence-corrected chi connectivity index (χ2v) is 10.5. The summed E-state index contributed by atoms with van der Waals surface area (Å²) < 4.78 is 2.03. The lowest BCUT2D eigenvalue weighted by molar-refractivity contribution is -0.119. The number of hydrogen-bond donors (Lipinski definition) is 1. The molecule has 1 N–H and O–H groups in total. The first-order chi connectivity index (χ1) is 14.1. The van der Waals surface area contributed by atoms with Crippen LogP contribution in [0.5, 0.6) is 0 Å². The second-order valence-electron chi connectivity index (χ2n) is 8.52. The van der Waals surface area contributed by atoms with Gasteiger partial charge < -0.3 is 5.32 Å². The number of thiophene rings is 1. The van der Waals surface area contributed by atoms with Gasteiger partial charge in [0.05, 0.1) is 11.1 Å². The Morgan fingerprint density at radius 1 is 1.24 bits per heavy atom. The molecule has 1 atom stereocenters. The van der Waals surface area contributed by atoms with Crippen LogP contribution in [-0.2, 0) is 17.6 Å². The highest BCUT2D eigenvalue weighted by atomic mass is 32.2. The van der Waals surface area contributed by atoms with Crippen LogP contribution in [0, 0.1) is 12.8 Å². The minimum absolute atomic E-state index is 0.0900. The van der Waals surface area contributed by atoms with Crippen LogP contribution in [-0.4, -0.2) is 37.3 Å². The molecule has 3 aromatic rings. The molecule has 1 saturated carbocycles. The summed E-state index contributed by atoms with van der Waals surface area (Å²) in [5, 5.41) is 14.1. The normalized spacial score (nSPS) is 20.3. The molecule has 154 valence electrons. The van der Waals surface area contributed by atoms with Crippen LogP contribution in [0.4, 0.5) is 0 Å². The average Bonchev–Trinajstić information content (AvgIpc) is 3.28. The molecule has 1 fully saturated rings. The van der Waals surface area contributed by atoms with E-state index in [4.69, 9.17) is 4.98 Å². The van der Waals surface area contributed by atoms with Gasteiger partial charge in [0.15, 0.2) is 10.8 Å². The van der Waals surface area contributed by atoms with E-state index in [0.717, 1.165) is 53.1 Å². The number of aromatic nitrogens is 4. The summed E-state index contributed by atoms with van der Waals surface area (Å²) in [7, 11) is 0. The van der Waals surface area contributed by atoms with Crippen LogP contribution in [0.25, 0.3) is 15.9 Å². The molecular weight excluding hydrogens is 402 g/mol. The Balaban J connectivity index is 1.40. The third-order valence-electron chi connectivity index (χ3n) is 6.24. The van der Waals surface area contributed by atoms with Gasteiger partial charge in [0, 0.05) is 10.9 Å². The zero-order valence-electron chi connectivity index (χ0n) is 17.0. The van der Waals surface area contributed by atoms with Crippen LogP contribution in [0.3, 0.4) is 0 Å². The number of aryl methyl sites for hydroxylation is 2. The maximum absolute atomic E-state index is 12.4. The van der Waals surface area contributed by atoms with Crippen molar-refractivity contribution < 1.29 is 4.79 Å². The van der Waals surface area contributed by atoms with E-state index in [2.05, 4.69) is 22.4 Å². The van der Waals surface area contributed by atoms with Gasteiger partial charge in [-0.25, -0.2) is 4.98 Å². The summed E-state index contributed by atoms with van der Waals surface area (Å²) in [6.07, 6.45) is 9.39. The number of thioether (sulfide) groups is 1. The first kappa shape index (κ1) is 19.3. The van der Waals surface area contributed by atoms with Gasteiger partial charge in [-0.05, 0) is 50.5 Å². The Labute approximate surface area is 178 Å². The highest BCUT2D eigenvalue weighted by Crippen LogP contribution is 2.39. The van der Waals surface area contributed by atoms with Gasteiger partial charge in [-0.3, -0.25) is 9.20 Å². The standard InChI is InChI=1S/C21H27N5OS2/c1-12-8-9-15-16(10-12)29-20-18(15)19-24-25-21(26(19)13(2)22-20)28-11-17(27)23-14-6-4-3-5-7-14/h12,14H,3-11H2,1-2H3,(H,23,27)/t12-/m1/s1. The van der Waals surface area contributed by atoms with Crippen molar-refractivity contribution >= 4 is 44.9 Å². The summed E-state index contributed by atoms with van der Waals surface area (Å²) in [5.74, 6) is 2.08. The fourth-order valence-electron chi connectivity index (χ4n) is 4.71. The van der Waals surface area contributed by atoms with Crippen molar-refractivity contribution in [1.82, 2.24) is 24.9 Å². The van der Waals surface area contributed by atoms with Crippen molar-refractivity contribution in [3.63, 3.8) is 0 Å². The molecule has 29 heavy (non-hydrogen) atoms. The molecule has 6 nitrogen and oxygen atoms in total. The Kier molecular flexibility index (Phi) is 5.24. The Bertz CT molecular complexity index is 1070. The number of hydrogen-bond acceptors (Lipinski definition) is 6. The van der Waals surface area contributed by atoms with Crippen molar-refractivity contribution in [3.8, 4) is 0 Å². The summed E-state index contributed by atoms with van der Waals surface area (Å²) in [6.45, 7) is 4.33. The van der Waals surface area contributed by atoms with Crippen molar-refractivity contribution in [1.29, 1.82) is 0 Å². The highest BCUT2D eigenvalue weighted by molar-refractivity contribution is 7.99. The third kappa shape index (κ3) is 3.65. The minimum Gasteiger partial charge on any atom is -0.353 e. The molecule has 0 unspecified atom stereocenters. The van der Waals surface area contributed by atoms with E-state index in [1.807, 2.05) is 22.7 Å². The summed E-state index contributed by atoms with van der Waals surface area (Å²) >= 11 is 3.27. The first-order valence-corrected chi connectivity index (χ1v) is 12.5. The highest BCUT2D eigenvalue weighted by Gasteiger charge is 2.25. The maximum atomic E-state index is 12.4. The van der Waals surface area contributed by atoms with Crippen molar-refractivity contribution in [2.75, 3.05) is 5.75 Å². The van der Waals surface area contributed by atoms with Crippen molar-refractivity contribution in [2.45, 2.75) is 76.4 Å². The summed E-state index contributed by atoms with van der Waals surface area (Å²) in [4.78, 5) is 19.8. The van der Waals surface area contributed by atoms with Gasteiger partial charge in [0.25, 0.3) is 0 Å². The third-order valence-corrected chi connectivity index (χ3v) is 8.32. The van der Waals surface area contributed by atoms with E-state index < -0.39 is 0 Å². The van der Waals surface area contributed by atoms with E-state index in [-0.39, 0.29) is 5.91 Å². The maximum Gasteiger partial charge on any atom is 0.230 e. The molecule has 3 heterocycles. The van der Waals surface area contributed by atoms with Crippen LogP contribution >= 0.6 is 23.1 Å². The molecule has 0 spiro atoms. The summed E-state index contributed by atoms with van der Waals surface area (Å²) in [6, 6.07) is 0.342. The van der Waals surface area contributed by atoms with Gasteiger partial charge in [-0.1, -0.05) is 37.9 Å². The fraction of sp³-hybridized carbons (Fsp3) is 0.619. The average molecular weight is 430 g/mol. The van der Waals surface area contributed by atoms with E-state index in [1.165, 1.54) is 53.3 Å².